The number of aliphatic hydroxyl groups is 2. The SMILES string of the molecule is CSC[C@@H](O)[C@H](O)CNCc1c[nH]c2c(=O)[nH]c(N)nc12. The van der Waals surface area contributed by atoms with Crippen LogP contribution in [0.5, 0.6) is 0 Å². The van der Waals surface area contributed by atoms with Crippen LogP contribution in [0.1, 0.15) is 5.56 Å². The van der Waals surface area contributed by atoms with Crippen LogP contribution in [0.15, 0.2) is 11.0 Å². The van der Waals surface area contributed by atoms with Gasteiger partial charge in [0.1, 0.15) is 11.0 Å². The Balaban J connectivity index is 2.00. The average molecular weight is 313 g/mol. The van der Waals surface area contributed by atoms with E-state index in [1.54, 1.807) is 6.20 Å². The highest BCUT2D eigenvalue weighted by atomic mass is 32.2. The first-order valence-corrected chi connectivity index (χ1v) is 7.84. The fraction of sp³-hybridized carbons (Fsp3) is 0.500. The smallest absolute Gasteiger partial charge is 0.276 e. The number of thioether (sulfide) groups is 1. The third-order valence-electron chi connectivity index (χ3n) is 3.08. The molecule has 2 aromatic rings. The Hall–Kier alpha value is -1.55. The van der Waals surface area contributed by atoms with Crippen molar-refractivity contribution in [3.05, 3.63) is 22.1 Å². The van der Waals surface area contributed by atoms with Crippen LogP contribution in [-0.2, 0) is 6.54 Å². The van der Waals surface area contributed by atoms with Crippen molar-refractivity contribution < 1.29 is 10.2 Å². The molecule has 0 amide bonds. The van der Waals surface area contributed by atoms with E-state index in [0.717, 1.165) is 5.56 Å². The molecule has 7 N–H and O–H groups in total. The van der Waals surface area contributed by atoms with Gasteiger partial charge in [-0.15, -0.1) is 0 Å². The second kappa shape index (κ2) is 6.94. The molecule has 0 aliphatic heterocycles. The van der Waals surface area contributed by atoms with Gasteiger partial charge in [-0.25, -0.2) is 4.98 Å². The van der Waals surface area contributed by atoms with E-state index in [2.05, 4.69) is 20.3 Å². The lowest BCUT2D eigenvalue weighted by Gasteiger charge is -2.17. The summed E-state index contributed by atoms with van der Waals surface area (Å²) < 4.78 is 0. The summed E-state index contributed by atoms with van der Waals surface area (Å²) in [4.78, 5) is 21.0. The molecule has 8 nitrogen and oxygen atoms in total. The number of hydrogen-bond acceptors (Lipinski definition) is 7. The molecule has 0 unspecified atom stereocenters. The number of fused-ring (bicyclic) bond motifs is 1. The molecule has 116 valence electrons. The number of nitrogens with one attached hydrogen (secondary N) is 3. The van der Waals surface area contributed by atoms with Crippen molar-refractivity contribution in [3.63, 3.8) is 0 Å². The highest BCUT2D eigenvalue weighted by Crippen LogP contribution is 2.12. The summed E-state index contributed by atoms with van der Waals surface area (Å²) in [7, 11) is 0. The summed E-state index contributed by atoms with van der Waals surface area (Å²) in [6.07, 6.45) is 1.92. The molecule has 0 aliphatic carbocycles. The van der Waals surface area contributed by atoms with E-state index in [0.29, 0.717) is 23.3 Å². The summed E-state index contributed by atoms with van der Waals surface area (Å²) >= 11 is 1.47. The van der Waals surface area contributed by atoms with E-state index in [1.807, 2.05) is 6.26 Å². The van der Waals surface area contributed by atoms with E-state index in [4.69, 9.17) is 5.73 Å². The molecule has 0 radical (unpaired) electrons. The van der Waals surface area contributed by atoms with Crippen molar-refractivity contribution in [2.75, 3.05) is 24.3 Å². The molecule has 0 aliphatic rings. The summed E-state index contributed by atoms with van der Waals surface area (Å²) in [6, 6.07) is 0. The number of rotatable bonds is 7. The van der Waals surface area contributed by atoms with Gasteiger partial charge in [-0.3, -0.25) is 9.78 Å². The monoisotopic (exact) mass is 313 g/mol. The number of aromatic nitrogens is 3. The lowest BCUT2D eigenvalue weighted by molar-refractivity contribution is 0.0347. The molecule has 2 rings (SSSR count). The third-order valence-corrected chi connectivity index (χ3v) is 3.76. The molecule has 21 heavy (non-hydrogen) atoms. The Morgan fingerprint density at radius 3 is 2.95 bits per heavy atom. The van der Waals surface area contributed by atoms with Crippen LogP contribution in [0.3, 0.4) is 0 Å². The zero-order valence-corrected chi connectivity index (χ0v) is 12.4. The molecule has 0 spiro atoms. The number of anilines is 1. The normalized spacial score (nSPS) is 14.4. The van der Waals surface area contributed by atoms with E-state index >= 15 is 0 Å². The minimum atomic E-state index is -0.843. The fourth-order valence-electron chi connectivity index (χ4n) is 1.99. The van der Waals surface area contributed by atoms with E-state index in [9.17, 15) is 15.0 Å². The predicted molar refractivity (Wildman–Crippen MR) is 83.2 cm³/mol. The first kappa shape index (κ1) is 15.8. The third kappa shape index (κ3) is 3.76. The average Bonchev–Trinajstić information content (AvgIpc) is 2.82. The van der Waals surface area contributed by atoms with Crippen molar-refractivity contribution in [1.82, 2.24) is 20.3 Å². The van der Waals surface area contributed by atoms with Crippen LogP contribution in [0, 0.1) is 0 Å². The number of nitrogens with two attached hydrogens (primary N) is 1. The molecular weight excluding hydrogens is 294 g/mol. The van der Waals surface area contributed by atoms with Crippen LogP contribution in [0.25, 0.3) is 11.0 Å². The molecule has 0 saturated heterocycles. The van der Waals surface area contributed by atoms with E-state index < -0.39 is 12.2 Å². The zero-order valence-electron chi connectivity index (χ0n) is 11.6. The summed E-state index contributed by atoms with van der Waals surface area (Å²) in [5.41, 5.74) is 6.85. The lowest BCUT2D eigenvalue weighted by atomic mass is 10.2. The molecular formula is C12H19N5O3S. The van der Waals surface area contributed by atoms with Crippen LogP contribution in [0.4, 0.5) is 5.95 Å². The molecule has 2 aromatic heterocycles. The van der Waals surface area contributed by atoms with Crippen LogP contribution in [0.2, 0.25) is 0 Å². The van der Waals surface area contributed by atoms with Gasteiger partial charge in [0.15, 0.2) is 0 Å². The first-order valence-electron chi connectivity index (χ1n) is 6.44. The highest BCUT2D eigenvalue weighted by Gasteiger charge is 2.15. The molecule has 2 heterocycles. The van der Waals surface area contributed by atoms with E-state index in [-0.39, 0.29) is 18.1 Å². The van der Waals surface area contributed by atoms with Crippen molar-refractivity contribution in [2.24, 2.45) is 0 Å². The Morgan fingerprint density at radius 2 is 2.24 bits per heavy atom. The van der Waals surface area contributed by atoms with Crippen LogP contribution >= 0.6 is 11.8 Å². The van der Waals surface area contributed by atoms with Gasteiger partial charge in [0.05, 0.1) is 12.2 Å². The molecule has 0 fully saturated rings. The number of H-pyrrole nitrogens is 2. The van der Waals surface area contributed by atoms with Crippen LogP contribution in [-0.4, -0.2) is 55.9 Å². The van der Waals surface area contributed by atoms with Crippen molar-refractivity contribution in [2.45, 2.75) is 18.8 Å². The summed E-state index contributed by atoms with van der Waals surface area (Å²) in [5.74, 6) is 0.535. The maximum Gasteiger partial charge on any atom is 0.276 e. The maximum absolute atomic E-state index is 11.7. The van der Waals surface area contributed by atoms with Crippen molar-refractivity contribution in [1.29, 1.82) is 0 Å². The first-order chi connectivity index (χ1) is 10.0. The highest BCUT2D eigenvalue weighted by molar-refractivity contribution is 7.98. The lowest BCUT2D eigenvalue weighted by Crippen LogP contribution is -2.37. The Kier molecular flexibility index (Phi) is 5.23. The largest absolute Gasteiger partial charge is 0.390 e. The Bertz CT molecular complexity index is 656. The molecule has 0 aromatic carbocycles. The van der Waals surface area contributed by atoms with Gasteiger partial charge in [-0.1, -0.05) is 0 Å². The number of aromatic amines is 2. The number of nitrogens with zero attached hydrogens (tertiary/aromatic N) is 1. The topological polar surface area (TPSA) is 140 Å². The second-order valence-corrected chi connectivity index (χ2v) is 5.62. The Morgan fingerprint density at radius 1 is 1.48 bits per heavy atom. The van der Waals surface area contributed by atoms with Gasteiger partial charge in [0.2, 0.25) is 5.95 Å². The quantitative estimate of drug-likeness (QED) is 0.385. The van der Waals surface area contributed by atoms with Gasteiger partial charge < -0.3 is 26.2 Å². The van der Waals surface area contributed by atoms with Crippen LogP contribution < -0.4 is 16.6 Å². The van der Waals surface area contributed by atoms with Gasteiger partial charge in [0, 0.05) is 30.6 Å². The molecule has 0 bridgehead atoms. The van der Waals surface area contributed by atoms with Crippen molar-refractivity contribution in [3.8, 4) is 0 Å². The fourth-order valence-corrected chi connectivity index (χ4v) is 2.56. The van der Waals surface area contributed by atoms with Gasteiger partial charge in [0.25, 0.3) is 5.56 Å². The van der Waals surface area contributed by atoms with Crippen molar-refractivity contribution >= 4 is 28.7 Å². The molecule has 2 atom stereocenters. The molecule has 0 saturated carbocycles. The minimum Gasteiger partial charge on any atom is -0.390 e. The predicted octanol–water partition coefficient (Wildman–Crippen LogP) is -0.992. The molecule has 9 heteroatoms. The maximum atomic E-state index is 11.7. The number of hydrogen-bond donors (Lipinski definition) is 6. The van der Waals surface area contributed by atoms with E-state index in [1.165, 1.54) is 11.8 Å². The zero-order chi connectivity index (χ0) is 15.4. The number of aliphatic hydroxyl groups excluding tert-OH is 2. The second-order valence-electron chi connectivity index (χ2n) is 4.71. The van der Waals surface area contributed by atoms with Gasteiger partial charge in [-0.2, -0.15) is 11.8 Å². The minimum absolute atomic E-state index is 0.0591. The summed E-state index contributed by atoms with van der Waals surface area (Å²) in [6.45, 7) is 0.645. The number of nitrogen functional groups attached to an aromatic ring is 1. The van der Waals surface area contributed by atoms with Gasteiger partial charge in [-0.05, 0) is 6.26 Å². The standard InChI is InChI=1S/C12H19N5O3S/c1-21-5-8(19)7(18)4-14-2-6-3-15-10-9(6)16-12(13)17-11(10)20/h3,7-8,14-15,18-19H,2,4-5H2,1H3,(H3,13,16,17,20)/t7-,8-/m1/s1. The van der Waals surface area contributed by atoms with Gasteiger partial charge >= 0.3 is 0 Å². The summed E-state index contributed by atoms with van der Waals surface area (Å²) in [5, 5.41) is 22.4. The Labute approximate surface area is 125 Å².